The Kier molecular flexibility index (Phi) is 5.31. The van der Waals surface area contributed by atoms with Gasteiger partial charge in [-0.3, -0.25) is 9.58 Å². The number of fused-ring (bicyclic) bond motifs is 3. The molecular weight excluding hydrogens is 394 g/mol. The van der Waals surface area contributed by atoms with Gasteiger partial charge < -0.3 is 15.1 Å². The minimum absolute atomic E-state index is 0.519. The maximum Gasteiger partial charge on any atom is 0.170 e. The highest BCUT2D eigenvalue weighted by molar-refractivity contribution is 7.80. The summed E-state index contributed by atoms with van der Waals surface area (Å²) in [6.07, 6.45) is 4.13. The first-order chi connectivity index (χ1) is 14.7. The molecule has 3 aliphatic heterocycles. The molecule has 2 bridgehead atoms. The molecule has 6 nitrogen and oxygen atoms in total. The van der Waals surface area contributed by atoms with Crippen LogP contribution in [0.15, 0.2) is 59.2 Å². The van der Waals surface area contributed by atoms with Crippen LogP contribution in [-0.4, -0.2) is 45.5 Å². The van der Waals surface area contributed by atoms with Crippen LogP contribution in [0.4, 0.5) is 5.69 Å². The summed E-state index contributed by atoms with van der Waals surface area (Å²) in [5.74, 6) is 2.03. The Hall–Kier alpha value is -2.64. The van der Waals surface area contributed by atoms with Gasteiger partial charge in [-0.2, -0.15) is 5.10 Å². The number of thiocarbonyl (C=S) groups is 1. The topological polar surface area (TPSA) is 58.3 Å². The molecular formula is C23H27N5OS. The van der Waals surface area contributed by atoms with Crippen LogP contribution in [0.5, 0.6) is 0 Å². The molecule has 0 saturated carbocycles. The van der Waals surface area contributed by atoms with Crippen LogP contribution in [-0.2, 0) is 7.05 Å². The smallest absolute Gasteiger partial charge is 0.170 e. The quantitative estimate of drug-likeness (QED) is 0.611. The average molecular weight is 422 g/mol. The number of piperidine rings is 3. The minimum Gasteiger partial charge on any atom is -0.463 e. The Bertz CT molecular complexity index is 1000. The van der Waals surface area contributed by atoms with Crippen LogP contribution in [0.2, 0.25) is 0 Å². The molecule has 3 aliphatic rings. The van der Waals surface area contributed by atoms with Crippen molar-refractivity contribution in [2.75, 3.05) is 25.0 Å². The molecule has 3 fully saturated rings. The van der Waals surface area contributed by atoms with Crippen molar-refractivity contribution in [3.8, 4) is 11.5 Å². The zero-order valence-electron chi connectivity index (χ0n) is 17.1. The van der Waals surface area contributed by atoms with Crippen molar-refractivity contribution in [2.24, 2.45) is 13.0 Å². The Morgan fingerprint density at radius 1 is 1.23 bits per heavy atom. The third kappa shape index (κ3) is 3.87. The van der Waals surface area contributed by atoms with E-state index >= 15 is 0 Å². The zero-order chi connectivity index (χ0) is 20.5. The molecule has 3 aromatic rings. The standard InChI is InChI=1S/C23H27N5OS/c1-27-21(13-20(26-27)22-8-5-11-29-22)19-15-28-10-9-16(19)12-18(28)14-24-23(30)25-17-6-3-2-4-7-17/h2-8,11,13,16,18-19H,9-10,12,14-15H2,1H3,(H2,24,25,30). The number of rotatable bonds is 5. The van der Waals surface area contributed by atoms with Crippen LogP contribution in [0, 0.1) is 5.92 Å². The number of nitrogens with one attached hydrogen (secondary N) is 2. The highest BCUT2D eigenvalue weighted by Gasteiger charge is 2.41. The summed E-state index contributed by atoms with van der Waals surface area (Å²) >= 11 is 5.49. The summed E-state index contributed by atoms with van der Waals surface area (Å²) in [6.45, 7) is 3.12. The second kappa shape index (κ2) is 8.24. The van der Waals surface area contributed by atoms with Crippen molar-refractivity contribution in [3.63, 3.8) is 0 Å². The Labute approximate surface area is 182 Å². The first-order valence-corrected chi connectivity index (χ1v) is 11.0. The molecule has 1 aromatic carbocycles. The van der Waals surface area contributed by atoms with Crippen molar-refractivity contribution < 1.29 is 4.42 Å². The van der Waals surface area contributed by atoms with Crippen LogP contribution < -0.4 is 10.6 Å². The fourth-order valence-corrected chi connectivity index (χ4v) is 5.17. The molecule has 2 N–H and O–H groups in total. The predicted molar refractivity (Wildman–Crippen MR) is 122 cm³/mol. The second-order valence-corrected chi connectivity index (χ2v) is 8.70. The van der Waals surface area contributed by atoms with Gasteiger partial charge in [0.25, 0.3) is 0 Å². The third-order valence-electron chi connectivity index (χ3n) is 6.48. The molecule has 5 heterocycles. The zero-order valence-corrected chi connectivity index (χ0v) is 17.9. The second-order valence-electron chi connectivity index (χ2n) is 8.30. The highest BCUT2D eigenvalue weighted by atomic mass is 32.1. The maximum atomic E-state index is 5.54. The summed E-state index contributed by atoms with van der Waals surface area (Å²) in [7, 11) is 2.05. The van der Waals surface area contributed by atoms with Gasteiger partial charge >= 0.3 is 0 Å². The summed E-state index contributed by atoms with van der Waals surface area (Å²) < 4.78 is 7.58. The summed E-state index contributed by atoms with van der Waals surface area (Å²) in [4.78, 5) is 2.61. The molecule has 2 aromatic heterocycles. The SMILES string of the molecule is Cn1nc(-c2ccco2)cc1C1CN2CCC1CC2CNC(=S)Nc1ccccc1. The van der Waals surface area contributed by atoms with Crippen LogP contribution in [0.3, 0.4) is 0 Å². The lowest BCUT2D eigenvalue weighted by Gasteiger charge is -2.50. The van der Waals surface area contributed by atoms with Crippen molar-refractivity contribution in [1.29, 1.82) is 0 Å². The number of aryl methyl sites for hydroxylation is 1. The number of nitrogens with zero attached hydrogens (tertiary/aromatic N) is 3. The molecule has 0 aliphatic carbocycles. The summed E-state index contributed by atoms with van der Waals surface area (Å²) in [5, 5.41) is 12.1. The van der Waals surface area contributed by atoms with E-state index in [0.29, 0.717) is 23.0 Å². The molecule has 0 spiro atoms. The molecule has 0 radical (unpaired) electrons. The van der Waals surface area contributed by atoms with E-state index in [-0.39, 0.29) is 0 Å². The van der Waals surface area contributed by atoms with E-state index in [9.17, 15) is 0 Å². The van der Waals surface area contributed by atoms with Gasteiger partial charge in [0.05, 0.1) is 6.26 Å². The molecule has 156 valence electrons. The first kappa shape index (κ1) is 19.3. The highest BCUT2D eigenvalue weighted by Crippen LogP contribution is 2.42. The summed E-state index contributed by atoms with van der Waals surface area (Å²) in [5.41, 5.74) is 3.25. The van der Waals surface area contributed by atoms with E-state index in [2.05, 4.69) is 21.6 Å². The number of para-hydroxylation sites is 1. The van der Waals surface area contributed by atoms with Crippen molar-refractivity contribution in [1.82, 2.24) is 20.0 Å². The largest absolute Gasteiger partial charge is 0.463 e. The fourth-order valence-electron chi connectivity index (χ4n) is 4.97. The van der Waals surface area contributed by atoms with Crippen LogP contribution in [0.25, 0.3) is 11.5 Å². The van der Waals surface area contributed by atoms with Gasteiger partial charge in [0, 0.05) is 43.5 Å². The third-order valence-corrected chi connectivity index (χ3v) is 6.72. The van der Waals surface area contributed by atoms with Crippen LogP contribution >= 0.6 is 12.2 Å². The number of hydrogen-bond acceptors (Lipinski definition) is 4. The number of anilines is 1. The monoisotopic (exact) mass is 421 g/mol. The molecule has 4 unspecified atom stereocenters. The van der Waals surface area contributed by atoms with Crippen LogP contribution in [0.1, 0.15) is 24.5 Å². The van der Waals surface area contributed by atoms with Crippen molar-refractivity contribution in [3.05, 3.63) is 60.5 Å². The van der Waals surface area contributed by atoms with E-state index in [4.69, 9.17) is 21.7 Å². The molecule has 0 amide bonds. The Morgan fingerprint density at radius 3 is 2.83 bits per heavy atom. The lowest BCUT2D eigenvalue weighted by Crippen LogP contribution is -2.56. The lowest BCUT2D eigenvalue weighted by molar-refractivity contribution is 0.0303. The average Bonchev–Trinajstić information content (AvgIpc) is 3.43. The van der Waals surface area contributed by atoms with E-state index in [1.54, 1.807) is 6.26 Å². The predicted octanol–water partition coefficient (Wildman–Crippen LogP) is 3.84. The summed E-state index contributed by atoms with van der Waals surface area (Å²) in [6, 6.07) is 16.7. The number of aromatic nitrogens is 2. The number of hydrogen-bond donors (Lipinski definition) is 2. The lowest BCUT2D eigenvalue weighted by atomic mass is 9.74. The first-order valence-electron chi connectivity index (χ1n) is 10.6. The van der Waals surface area contributed by atoms with Gasteiger partial charge in [0.15, 0.2) is 10.9 Å². The number of benzene rings is 1. The van der Waals surface area contributed by atoms with E-state index in [1.165, 1.54) is 18.5 Å². The Balaban J connectivity index is 1.21. The van der Waals surface area contributed by atoms with Gasteiger partial charge in [0.2, 0.25) is 0 Å². The van der Waals surface area contributed by atoms with E-state index in [0.717, 1.165) is 36.8 Å². The molecule has 4 atom stereocenters. The molecule has 6 rings (SSSR count). The van der Waals surface area contributed by atoms with Gasteiger partial charge in [-0.25, -0.2) is 0 Å². The van der Waals surface area contributed by atoms with E-state index in [1.807, 2.05) is 54.2 Å². The fraction of sp³-hybridized carbons (Fsp3) is 0.391. The van der Waals surface area contributed by atoms with E-state index < -0.39 is 0 Å². The Morgan fingerprint density at radius 2 is 2.10 bits per heavy atom. The van der Waals surface area contributed by atoms with Gasteiger partial charge in [-0.1, -0.05) is 18.2 Å². The molecule has 3 saturated heterocycles. The maximum absolute atomic E-state index is 5.54. The molecule has 7 heteroatoms. The minimum atomic E-state index is 0.519. The van der Waals surface area contributed by atoms with Gasteiger partial charge in [0.1, 0.15) is 5.69 Å². The van der Waals surface area contributed by atoms with Gasteiger partial charge in [-0.05, 0) is 67.9 Å². The molecule has 30 heavy (non-hydrogen) atoms. The van der Waals surface area contributed by atoms with Crippen molar-refractivity contribution in [2.45, 2.75) is 24.8 Å². The van der Waals surface area contributed by atoms with Gasteiger partial charge in [-0.15, -0.1) is 0 Å². The normalized spacial score (nSPS) is 25.2. The van der Waals surface area contributed by atoms with Crippen molar-refractivity contribution >= 4 is 23.0 Å². The number of furan rings is 1.